The number of ether oxygens (including phenoxy) is 1. The molecule has 3 N–H and O–H groups in total. The predicted molar refractivity (Wildman–Crippen MR) is 105 cm³/mol. The van der Waals surface area contributed by atoms with Crippen molar-refractivity contribution in [2.45, 2.75) is 31.0 Å². The molecule has 1 aliphatic heterocycles. The number of anilines is 1. The van der Waals surface area contributed by atoms with Gasteiger partial charge in [0.1, 0.15) is 0 Å². The zero-order valence-corrected chi connectivity index (χ0v) is 16.9. The Morgan fingerprint density at radius 2 is 2.00 bits per heavy atom. The normalized spacial score (nSPS) is 19.3. The number of aromatic amines is 1. The molecule has 2 unspecified atom stereocenters. The zero-order valence-electron chi connectivity index (χ0n) is 16.9. The van der Waals surface area contributed by atoms with Crippen LogP contribution in [0.15, 0.2) is 36.4 Å². The highest BCUT2D eigenvalue weighted by molar-refractivity contribution is 5.94. The molecule has 0 aliphatic carbocycles. The van der Waals surface area contributed by atoms with Gasteiger partial charge in [-0.2, -0.15) is 27.6 Å². The standard InChI is InChI=1S/C21H18F4N4O3/c1-10(11-4-3-5-12(8-11)13-6-7-15(32-2)27-18(13)22)17-16-19(29-28-17)26-14(30)9-20(16,31)21(23,24)25/h3-8,10,31H,9H2,1-2H3,(H2,26,28,29,30). The summed E-state index contributed by atoms with van der Waals surface area (Å²) in [7, 11) is 1.36. The lowest BCUT2D eigenvalue weighted by Crippen LogP contribution is -2.48. The molecule has 0 radical (unpaired) electrons. The summed E-state index contributed by atoms with van der Waals surface area (Å²) >= 11 is 0. The quantitative estimate of drug-likeness (QED) is 0.414. The number of benzene rings is 1. The van der Waals surface area contributed by atoms with Crippen molar-refractivity contribution in [1.29, 1.82) is 0 Å². The molecule has 2 atom stereocenters. The summed E-state index contributed by atoms with van der Waals surface area (Å²) in [5.41, 5.74) is -2.75. The molecule has 1 amide bonds. The third-order valence-electron chi connectivity index (χ3n) is 5.51. The number of aliphatic hydroxyl groups is 1. The number of methoxy groups -OCH3 is 1. The minimum absolute atomic E-state index is 0.00898. The van der Waals surface area contributed by atoms with Gasteiger partial charge in [-0.05, 0) is 17.2 Å². The number of halogens is 4. The number of nitrogens with zero attached hydrogens (tertiary/aromatic N) is 2. The van der Waals surface area contributed by atoms with E-state index in [9.17, 15) is 27.5 Å². The molecule has 7 nitrogen and oxygen atoms in total. The summed E-state index contributed by atoms with van der Waals surface area (Å²) in [5, 5.41) is 19.1. The van der Waals surface area contributed by atoms with E-state index in [4.69, 9.17) is 4.74 Å². The van der Waals surface area contributed by atoms with Gasteiger partial charge in [-0.15, -0.1) is 0 Å². The minimum atomic E-state index is -5.10. The number of pyridine rings is 1. The van der Waals surface area contributed by atoms with Crippen molar-refractivity contribution < 1.29 is 32.2 Å². The monoisotopic (exact) mass is 450 g/mol. The molecule has 2 aromatic heterocycles. The fraction of sp³-hybridized carbons (Fsp3) is 0.286. The van der Waals surface area contributed by atoms with Crippen LogP contribution < -0.4 is 10.1 Å². The maximum absolute atomic E-state index is 14.4. The van der Waals surface area contributed by atoms with Gasteiger partial charge in [-0.25, -0.2) is 0 Å². The molecule has 11 heteroatoms. The first-order chi connectivity index (χ1) is 15.0. The molecule has 4 rings (SSSR count). The SMILES string of the molecule is COc1ccc(-c2cccc(C(C)c3[nH]nc4c3C(O)(C(F)(F)F)CC(=O)N4)c2)c(F)n1. The van der Waals surface area contributed by atoms with E-state index < -0.39 is 41.5 Å². The van der Waals surface area contributed by atoms with Gasteiger partial charge in [-0.3, -0.25) is 9.89 Å². The number of rotatable bonds is 4. The second kappa shape index (κ2) is 7.59. The van der Waals surface area contributed by atoms with E-state index in [2.05, 4.69) is 20.5 Å². The van der Waals surface area contributed by atoms with Crippen molar-refractivity contribution in [3.8, 4) is 17.0 Å². The number of aromatic nitrogens is 3. The van der Waals surface area contributed by atoms with Gasteiger partial charge in [0, 0.05) is 17.5 Å². The molecule has 3 aromatic rings. The second-order valence-corrected chi connectivity index (χ2v) is 7.48. The number of H-pyrrole nitrogens is 1. The number of amides is 1. The van der Waals surface area contributed by atoms with E-state index >= 15 is 0 Å². The summed E-state index contributed by atoms with van der Waals surface area (Å²) in [4.78, 5) is 15.4. The van der Waals surface area contributed by atoms with Crippen LogP contribution in [0.5, 0.6) is 5.88 Å². The molecule has 0 fully saturated rings. The molecule has 3 heterocycles. The maximum Gasteiger partial charge on any atom is 0.422 e. The van der Waals surface area contributed by atoms with Crippen LogP contribution in [0.2, 0.25) is 0 Å². The van der Waals surface area contributed by atoms with Crippen LogP contribution in [0.3, 0.4) is 0 Å². The third kappa shape index (κ3) is 3.48. The van der Waals surface area contributed by atoms with E-state index in [-0.39, 0.29) is 23.0 Å². The highest BCUT2D eigenvalue weighted by atomic mass is 19.4. The number of nitrogens with one attached hydrogen (secondary N) is 2. The highest BCUT2D eigenvalue weighted by Crippen LogP contribution is 2.49. The third-order valence-corrected chi connectivity index (χ3v) is 5.51. The molecule has 0 spiro atoms. The largest absolute Gasteiger partial charge is 0.481 e. The van der Waals surface area contributed by atoms with Crippen molar-refractivity contribution >= 4 is 11.7 Å². The van der Waals surface area contributed by atoms with Crippen molar-refractivity contribution in [2.24, 2.45) is 0 Å². The Morgan fingerprint density at radius 3 is 2.66 bits per heavy atom. The number of carbonyl (C=O) groups excluding carboxylic acids is 1. The lowest BCUT2D eigenvalue weighted by molar-refractivity contribution is -0.267. The molecule has 0 bridgehead atoms. The number of carbonyl (C=O) groups is 1. The van der Waals surface area contributed by atoms with Gasteiger partial charge in [0.05, 0.1) is 24.8 Å². The van der Waals surface area contributed by atoms with Crippen LogP contribution in [0.25, 0.3) is 11.1 Å². The molecule has 1 aromatic carbocycles. The Morgan fingerprint density at radius 1 is 1.25 bits per heavy atom. The Labute approximate surface area is 179 Å². The Bertz CT molecular complexity index is 1190. The van der Waals surface area contributed by atoms with Crippen molar-refractivity contribution in [1.82, 2.24) is 15.2 Å². The zero-order chi connectivity index (χ0) is 23.3. The fourth-order valence-corrected chi connectivity index (χ4v) is 3.81. The van der Waals surface area contributed by atoms with E-state index in [1.54, 1.807) is 31.2 Å². The number of hydrogen-bond acceptors (Lipinski definition) is 5. The van der Waals surface area contributed by atoms with Crippen LogP contribution in [-0.4, -0.2) is 39.5 Å². The summed E-state index contributed by atoms with van der Waals surface area (Å²) in [6.45, 7) is 1.61. The van der Waals surface area contributed by atoms with E-state index in [0.717, 1.165) is 0 Å². The van der Waals surface area contributed by atoms with Crippen LogP contribution in [0.4, 0.5) is 23.4 Å². The molecule has 168 valence electrons. The summed E-state index contributed by atoms with van der Waals surface area (Å²) in [6.07, 6.45) is -6.27. The van der Waals surface area contributed by atoms with Gasteiger partial charge in [-0.1, -0.05) is 31.2 Å². The molecular weight excluding hydrogens is 432 g/mol. The Balaban J connectivity index is 1.77. The van der Waals surface area contributed by atoms with E-state index in [1.165, 1.54) is 19.2 Å². The average Bonchev–Trinajstić information content (AvgIpc) is 3.16. The topological polar surface area (TPSA) is 100 Å². The van der Waals surface area contributed by atoms with E-state index in [0.29, 0.717) is 11.1 Å². The van der Waals surface area contributed by atoms with Gasteiger partial charge in [0.15, 0.2) is 11.4 Å². The second-order valence-electron chi connectivity index (χ2n) is 7.48. The lowest BCUT2D eigenvalue weighted by Gasteiger charge is -2.34. The highest BCUT2D eigenvalue weighted by Gasteiger charge is 2.60. The molecule has 1 aliphatic rings. The van der Waals surface area contributed by atoms with Crippen molar-refractivity contribution in [3.05, 3.63) is 59.2 Å². The van der Waals surface area contributed by atoms with Crippen LogP contribution in [0, 0.1) is 5.95 Å². The van der Waals surface area contributed by atoms with Crippen molar-refractivity contribution in [2.75, 3.05) is 12.4 Å². The van der Waals surface area contributed by atoms with Gasteiger partial charge >= 0.3 is 6.18 Å². The lowest BCUT2D eigenvalue weighted by atomic mass is 9.82. The van der Waals surface area contributed by atoms with Gasteiger partial charge in [0.25, 0.3) is 0 Å². The minimum Gasteiger partial charge on any atom is -0.481 e. The smallest absolute Gasteiger partial charge is 0.422 e. The predicted octanol–water partition coefficient (Wildman–Crippen LogP) is 3.86. The first-order valence-corrected chi connectivity index (χ1v) is 9.53. The number of fused-ring (bicyclic) bond motifs is 1. The molecule has 0 saturated heterocycles. The Kier molecular flexibility index (Phi) is 5.16. The Hall–Kier alpha value is -3.47. The van der Waals surface area contributed by atoms with Crippen molar-refractivity contribution in [3.63, 3.8) is 0 Å². The number of alkyl halides is 3. The molecular formula is C21H18F4N4O3. The first-order valence-electron chi connectivity index (χ1n) is 9.53. The number of hydrogen-bond donors (Lipinski definition) is 3. The maximum atomic E-state index is 14.4. The molecule has 0 saturated carbocycles. The summed E-state index contributed by atoms with van der Waals surface area (Å²) in [6, 6.07) is 9.51. The van der Waals surface area contributed by atoms with Gasteiger partial charge < -0.3 is 15.2 Å². The van der Waals surface area contributed by atoms with Crippen LogP contribution in [-0.2, 0) is 10.4 Å². The van der Waals surface area contributed by atoms with E-state index in [1.807, 2.05) is 0 Å². The van der Waals surface area contributed by atoms with Crippen LogP contribution in [0.1, 0.15) is 36.1 Å². The van der Waals surface area contributed by atoms with Crippen LogP contribution >= 0.6 is 0 Å². The fourth-order valence-electron chi connectivity index (χ4n) is 3.81. The molecule has 32 heavy (non-hydrogen) atoms. The summed E-state index contributed by atoms with van der Waals surface area (Å²) in [5.74, 6) is -2.73. The average molecular weight is 450 g/mol. The summed E-state index contributed by atoms with van der Waals surface area (Å²) < 4.78 is 60.6. The van der Waals surface area contributed by atoms with Gasteiger partial charge in [0.2, 0.25) is 17.7 Å². The first kappa shape index (κ1) is 21.8.